The van der Waals surface area contributed by atoms with Gasteiger partial charge in [-0.1, -0.05) is 0 Å². The third kappa shape index (κ3) is 1.36. The maximum absolute atomic E-state index is 10.6. The fourth-order valence-corrected chi connectivity index (χ4v) is 1.26. The summed E-state index contributed by atoms with van der Waals surface area (Å²) in [5.74, 6) is 0. The van der Waals surface area contributed by atoms with Crippen LogP contribution in [0.2, 0.25) is 0 Å². The van der Waals surface area contributed by atoms with Crippen LogP contribution in [-0.2, 0) is 0 Å². The number of H-pyrrole nitrogens is 1. The Balaban J connectivity index is 2.52. The van der Waals surface area contributed by atoms with E-state index in [1.54, 1.807) is 18.6 Å². The average molecular weight is 172 g/mol. The van der Waals surface area contributed by atoms with E-state index in [-0.39, 0.29) is 0 Å². The summed E-state index contributed by atoms with van der Waals surface area (Å²) in [7, 11) is 0. The summed E-state index contributed by atoms with van der Waals surface area (Å²) in [4.78, 5) is 17.4. The van der Waals surface area contributed by atoms with E-state index in [2.05, 4.69) is 9.97 Å². The highest BCUT2D eigenvalue weighted by atomic mass is 16.1. The molecular formula is C10H8N2O. The minimum Gasteiger partial charge on any atom is -0.359 e. The Hall–Kier alpha value is -1.90. The van der Waals surface area contributed by atoms with Gasteiger partial charge in [0.25, 0.3) is 0 Å². The van der Waals surface area contributed by atoms with Crippen molar-refractivity contribution in [2.75, 3.05) is 0 Å². The summed E-state index contributed by atoms with van der Waals surface area (Å²) in [5.41, 5.74) is 2.52. The topological polar surface area (TPSA) is 45.8 Å². The van der Waals surface area contributed by atoms with Crippen LogP contribution in [0, 0.1) is 0 Å². The minimum absolute atomic E-state index is 0.603. The standard InChI is InChI=1S/C10H8N2O/c13-7-10-9(3-6-12-10)8-1-4-11-5-2-8/h1-7,12H. The molecule has 2 aromatic rings. The lowest BCUT2D eigenvalue weighted by Gasteiger charge is -1.96. The van der Waals surface area contributed by atoms with Crippen molar-refractivity contribution in [3.05, 3.63) is 42.5 Å². The molecule has 0 aliphatic rings. The second-order valence-corrected chi connectivity index (χ2v) is 2.66. The molecule has 64 valence electrons. The smallest absolute Gasteiger partial charge is 0.166 e. The average Bonchev–Trinajstić information content (AvgIpc) is 2.67. The monoisotopic (exact) mass is 172 g/mol. The van der Waals surface area contributed by atoms with Crippen LogP contribution in [0.4, 0.5) is 0 Å². The number of rotatable bonds is 2. The molecule has 2 heterocycles. The minimum atomic E-state index is 0.603. The van der Waals surface area contributed by atoms with Gasteiger partial charge in [-0.15, -0.1) is 0 Å². The van der Waals surface area contributed by atoms with E-state index >= 15 is 0 Å². The summed E-state index contributed by atoms with van der Waals surface area (Å²) in [6, 6.07) is 5.62. The summed E-state index contributed by atoms with van der Waals surface area (Å²) < 4.78 is 0. The van der Waals surface area contributed by atoms with Gasteiger partial charge in [0, 0.05) is 24.2 Å². The van der Waals surface area contributed by atoms with Crippen molar-refractivity contribution in [3.63, 3.8) is 0 Å². The van der Waals surface area contributed by atoms with Crippen molar-refractivity contribution in [1.29, 1.82) is 0 Å². The highest BCUT2D eigenvalue weighted by molar-refractivity contribution is 5.85. The Labute approximate surface area is 75.4 Å². The van der Waals surface area contributed by atoms with Gasteiger partial charge in [0.05, 0.1) is 5.69 Å². The van der Waals surface area contributed by atoms with Gasteiger partial charge in [0.2, 0.25) is 0 Å². The fraction of sp³-hybridized carbons (Fsp3) is 0. The van der Waals surface area contributed by atoms with Crippen LogP contribution in [0.5, 0.6) is 0 Å². The lowest BCUT2D eigenvalue weighted by Crippen LogP contribution is -1.83. The highest BCUT2D eigenvalue weighted by Crippen LogP contribution is 2.20. The largest absolute Gasteiger partial charge is 0.359 e. The van der Waals surface area contributed by atoms with Crippen LogP contribution in [0.3, 0.4) is 0 Å². The predicted octanol–water partition coefficient (Wildman–Crippen LogP) is 1.89. The second kappa shape index (κ2) is 3.23. The first-order valence-corrected chi connectivity index (χ1v) is 3.95. The van der Waals surface area contributed by atoms with Crippen LogP contribution in [0.15, 0.2) is 36.8 Å². The van der Waals surface area contributed by atoms with E-state index in [1.165, 1.54) is 0 Å². The summed E-state index contributed by atoms with van der Waals surface area (Å²) in [6.45, 7) is 0. The van der Waals surface area contributed by atoms with Gasteiger partial charge in [-0.05, 0) is 23.8 Å². The zero-order valence-electron chi connectivity index (χ0n) is 6.90. The Kier molecular flexibility index (Phi) is 1.92. The molecule has 0 aliphatic carbocycles. The van der Waals surface area contributed by atoms with Crippen LogP contribution >= 0.6 is 0 Å². The maximum atomic E-state index is 10.6. The van der Waals surface area contributed by atoms with Gasteiger partial charge in [-0.3, -0.25) is 9.78 Å². The molecule has 0 radical (unpaired) electrons. The molecule has 0 aromatic carbocycles. The van der Waals surface area contributed by atoms with E-state index in [4.69, 9.17) is 0 Å². The van der Waals surface area contributed by atoms with Crippen LogP contribution < -0.4 is 0 Å². The van der Waals surface area contributed by atoms with E-state index < -0.39 is 0 Å². The fourth-order valence-electron chi connectivity index (χ4n) is 1.26. The Morgan fingerprint density at radius 3 is 2.69 bits per heavy atom. The number of hydrogen-bond donors (Lipinski definition) is 1. The van der Waals surface area contributed by atoms with Gasteiger partial charge in [0.15, 0.2) is 6.29 Å². The third-order valence-corrected chi connectivity index (χ3v) is 1.89. The summed E-state index contributed by atoms with van der Waals surface area (Å²) >= 11 is 0. The quantitative estimate of drug-likeness (QED) is 0.703. The number of aromatic amines is 1. The molecule has 3 heteroatoms. The first-order valence-electron chi connectivity index (χ1n) is 3.95. The maximum Gasteiger partial charge on any atom is 0.166 e. The molecule has 0 fully saturated rings. The number of aromatic nitrogens is 2. The second-order valence-electron chi connectivity index (χ2n) is 2.66. The number of carbonyl (C=O) groups excluding carboxylic acids is 1. The van der Waals surface area contributed by atoms with Gasteiger partial charge in [0.1, 0.15) is 0 Å². The molecule has 0 aliphatic heterocycles. The lowest BCUT2D eigenvalue weighted by atomic mass is 10.1. The van der Waals surface area contributed by atoms with E-state index in [0.717, 1.165) is 17.4 Å². The Morgan fingerprint density at radius 2 is 2.00 bits per heavy atom. The zero-order valence-corrected chi connectivity index (χ0v) is 6.90. The molecule has 3 nitrogen and oxygen atoms in total. The first kappa shape index (κ1) is 7.73. The van der Waals surface area contributed by atoms with Crippen LogP contribution in [0.1, 0.15) is 10.5 Å². The van der Waals surface area contributed by atoms with Crippen molar-refractivity contribution in [3.8, 4) is 11.1 Å². The third-order valence-electron chi connectivity index (χ3n) is 1.89. The first-order chi connectivity index (χ1) is 6.42. The van der Waals surface area contributed by atoms with Gasteiger partial charge in [-0.25, -0.2) is 0 Å². The molecule has 0 saturated carbocycles. The van der Waals surface area contributed by atoms with Crippen molar-refractivity contribution >= 4 is 6.29 Å². The SMILES string of the molecule is O=Cc1[nH]ccc1-c1ccncc1. The Bertz CT molecular complexity index is 406. The molecule has 1 N–H and O–H groups in total. The highest BCUT2D eigenvalue weighted by Gasteiger charge is 2.03. The summed E-state index contributed by atoms with van der Waals surface area (Å²) in [5, 5.41) is 0. The van der Waals surface area contributed by atoms with Gasteiger partial charge < -0.3 is 4.98 Å². The van der Waals surface area contributed by atoms with Crippen molar-refractivity contribution in [2.24, 2.45) is 0 Å². The number of nitrogens with one attached hydrogen (secondary N) is 1. The number of nitrogens with zero attached hydrogens (tertiary/aromatic N) is 1. The van der Waals surface area contributed by atoms with Crippen molar-refractivity contribution in [1.82, 2.24) is 9.97 Å². The lowest BCUT2D eigenvalue weighted by molar-refractivity contribution is 0.112. The van der Waals surface area contributed by atoms with E-state index in [0.29, 0.717) is 5.69 Å². The van der Waals surface area contributed by atoms with Crippen LogP contribution in [0.25, 0.3) is 11.1 Å². The normalized spacial score (nSPS) is 9.85. The molecule has 0 amide bonds. The molecule has 2 rings (SSSR count). The molecule has 0 bridgehead atoms. The Morgan fingerprint density at radius 1 is 1.23 bits per heavy atom. The molecule has 0 spiro atoms. The molecule has 2 aromatic heterocycles. The number of carbonyl (C=O) groups is 1. The molecular weight excluding hydrogens is 164 g/mol. The molecule has 0 unspecified atom stereocenters. The van der Waals surface area contributed by atoms with Crippen molar-refractivity contribution in [2.45, 2.75) is 0 Å². The van der Waals surface area contributed by atoms with Crippen LogP contribution in [-0.4, -0.2) is 16.3 Å². The zero-order chi connectivity index (χ0) is 9.10. The van der Waals surface area contributed by atoms with E-state index in [1.807, 2.05) is 18.2 Å². The predicted molar refractivity (Wildman–Crippen MR) is 49.4 cm³/mol. The number of pyridine rings is 1. The van der Waals surface area contributed by atoms with Gasteiger partial charge >= 0.3 is 0 Å². The summed E-state index contributed by atoms with van der Waals surface area (Å²) in [6.07, 6.45) is 5.98. The molecule has 13 heavy (non-hydrogen) atoms. The van der Waals surface area contributed by atoms with Crippen molar-refractivity contribution < 1.29 is 4.79 Å². The van der Waals surface area contributed by atoms with E-state index in [9.17, 15) is 4.79 Å². The van der Waals surface area contributed by atoms with Gasteiger partial charge in [-0.2, -0.15) is 0 Å². The number of aldehydes is 1. The number of hydrogen-bond acceptors (Lipinski definition) is 2. The molecule has 0 atom stereocenters. The molecule has 0 saturated heterocycles.